The number of rotatable bonds is 1. The first-order chi connectivity index (χ1) is 7.90. The zero-order valence-corrected chi connectivity index (χ0v) is 10.8. The fourth-order valence-corrected chi connectivity index (χ4v) is 91.7. The molecule has 10 heterocycles. The van der Waals surface area contributed by atoms with E-state index in [2.05, 4.69) is 6.58 Å². The SMILES string of the molecule is C=C=N.CC(=O)[C]12[CH]3[CH]4[CH]5[CH]1[Fe]45321678[CH]2[CH]1[CH]6[CH]7[CH]28. The van der Waals surface area contributed by atoms with E-state index in [9.17, 15) is 4.79 Å². The molecule has 0 amide bonds. The van der Waals surface area contributed by atoms with Gasteiger partial charge in [-0.15, -0.1) is 0 Å². The fraction of sp³-hybridized carbons (Fsp3) is 0.786. The van der Waals surface area contributed by atoms with Crippen LogP contribution >= 0.6 is 0 Å². The van der Waals surface area contributed by atoms with Crippen LogP contribution in [0.3, 0.4) is 0 Å². The van der Waals surface area contributed by atoms with Crippen molar-refractivity contribution in [2.24, 2.45) is 0 Å². The monoisotopic (exact) mass is 269 g/mol. The van der Waals surface area contributed by atoms with Crippen LogP contribution in [-0.2, 0) is 11.3 Å². The molecule has 0 aliphatic carbocycles. The Balaban J connectivity index is 0.000000195. The summed E-state index contributed by atoms with van der Waals surface area (Å²) in [5.74, 6) is 2.48. The molecular weight excluding hydrogens is 254 g/mol. The first-order valence-corrected chi connectivity index (χ1v) is 13.1. The van der Waals surface area contributed by atoms with Crippen LogP contribution < -0.4 is 0 Å². The van der Waals surface area contributed by atoms with Crippen LogP contribution in [0.2, 0.25) is 47.7 Å². The van der Waals surface area contributed by atoms with Crippen molar-refractivity contribution >= 4 is 11.7 Å². The molecule has 0 aromatic rings. The summed E-state index contributed by atoms with van der Waals surface area (Å²) in [6, 6.07) is 0. The van der Waals surface area contributed by atoms with Gasteiger partial charge in [-0.05, 0) is 12.4 Å². The minimum absolute atomic E-state index is 0.555. The molecule has 0 saturated carbocycles. The van der Waals surface area contributed by atoms with Gasteiger partial charge in [-0.25, -0.2) is 0 Å². The van der Waals surface area contributed by atoms with Gasteiger partial charge >= 0.3 is 71.7 Å². The number of nitrogens with one attached hydrogen (secondary N) is 1. The topological polar surface area (TPSA) is 40.9 Å². The number of ketones is 1. The van der Waals surface area contributed by atoms with Crippen LogP contribution in [0.5, 0.6) is 0 Å². The predicted molar refractivity (Wildman–Crippen MR) is 60.5 cm³/mol. The summed E-state index contributed by atoms with van der Waals surface area (Å²) in [4.78, 5) is 23.9. The Morgan fingerprint density at radius 1 is 1.12 bits per heavy atom. The third-order valence-electron chi connectivity index (χ3n) is 15.2. The van der Waals surface area contributed by atoms with E-state index < -0.39 is 6.51 Å². The van der Waals surface area contributed by atoms with Gasteiger partial charge in [-0.1, -0.05) is 0 Å². The molecule has 17 heavy (non-hydrogen) atoms. The molecule has 10 aliphatic heterocycles. The van der Waals surface area contributed by atoms with Gasteiger partial charge in [0.2, 0.25) is 0 Å². The van der Waals surface area contributed by atoms with Gasteiger partial charge in [0.05, 0.1) is 0 Å². The molecule has 10 aliphatic rings. The zero-order valence-electron chi connectivity index (χ0n) is 9.67. The van der Waals surface area contributed by atoms with Gasteiger partial charge < -0.3 is 0 Å². The molecule has 1 N–H and O–H groups in total. The van der Waals surface area contributed by atoms with Crippen LogP contribution in [0.25, 0.3) is 0 Å². The Labute approximate surface area is 89.6 Å². The van der Waals surface area contributed by atoms with Crippen LogP contribution in [-0.4, -0.2) is 11.7 Å². The molecule has 1 spiro atoms. The van der Waals surface area contributed by atoms with Gasteiger partial charge in [-0.3, -0.25) is 5.41 Å². The molecule has 0 aromatic heterocycles. The van der Waals surface area contributed by atoms with Crippen molar-refractivity contribution in [1.29, 1.82) is 5.41 Å². The Bertz CT molecular complexity index is 935. The summed E-state index contributed by atoms with van der Waals surface area (Å²) in [7, 11) is 0. The summed E-state index contributed by atoms with van der Waals surface area (Å²) >= 11 is 0. The third kappa shape index (κ3) is 0.0609. The standard InChI is InChI=1S/C7H7O.C5H5.C2H3N.Fe/c1-6(8)7-4-2-3-5-7;1-2-4-5-3-1;1-2-3;/h2-5H,1H3;1-5H;3H,1H2;. The van der Waals surface area contributed by atoms with Gasteiger partial charge in [0.1, 0.15) is 0 Å². The van der Waals surface area contributed by atoms with Crippen molar-refractivity contribution in [3.63, 3.8) is 0 Å². The second-order valence-corrected chi connectivity index (χ2v) is 34.0. The molecule has 4 atom stereocenters. The van der Waals surface area contributed by atoms with Crippen molar-refractivity contribution in [3.05, 3.63) is 6.58 Å². The molecule has 0 aromatic carbocycles. The Kier molecular flexibility index (Phi) is 0.198. The zero-order chi connectivity index (χ0) is 11.3. The van der Waals surface area contributed by atoms with Gasteiger partial charge in [0.25, 0.3) is 0 Å². The molecule has 0 bridgehead atoms. The Morgan fingerprint density at radius 2 is 1.47 bits per heavy atom. The summed E-state index contributed by atoms with van der Waals surface area (Å²) < 4.78 is 0.555. The predicted octanol–water partition coefficient (Wildman–Crippen LogP) is 3.76. The Morgan fingerprint density at radius 3 is 1.53 bits per heavy atom. The van der Waals surface area contributed by atoms with E-state index in [1.54, 1.807) is 5.87 Å². The maximum absolute atomic E-state index is 12.2. The molecule has 3 heteroatoms. The van der Waals surface area contributed by atoms with Crippen molar-refractivity contribution in [1.82, 2.24) is 0 Å². The van der Waals surface area contributed by atoms with Gasteiger partial charge in [0, 0.05) is 0 Å². The summed E-state index contributed by atoms with van der Waals surface area (Å²) in [6.07, 6.45) is 0. The van der Waals surface area contributed by atoms with E-state index in [1.165, 1.54) is 43.3 Å². The molecule has 10 saturated heterocycles. The normalized spacial score (nSPS) is 117. The molecule has 90 valence electrons. The molecular formula is C14H15FeNO. The number of carbonyl (C=O) groups excluding carboxylic acids is 1. The average molecular weight is 269 g/mol. The second-order valence-electron chi connectivity index (χ2n) is 10.4. The molecule has 0 radical (unpaired) electrons. The van der Waals surface area contributed by atoms with Gasteiger partial charge in [-0.2, -0.15) is 0 Å². The van der Waals surface area contributed by atoms with E-state index in [4.69, 9.17) is 5.41 Å². The maximum atomic E-state index is 12.2. The number of Topliss-reactive ketones (excluding diaryl/α,β-unsaturated/α-hetero) is 1. The van der Waals surface area contributed by atoms with E-state index in [-0.39, 0.29) is 0 Å². The van der Waals surface area contributed by atoms with Gasteiger partial charge in [0.15, 0.2) is 0 Å². The second kappa shape index (κ2) is 0.503. The average Bonchev–Trinajstić information content (AvgIpc) is 3.24. The molecule has 10 rings (SSSR count). The quantitative estimate of drug-likeness (QED) is 0.571. The number of hydrogen-bond acceptors (Lipinski definition) is 2. The first-order valence-electron chi connectivity index (χ1n) is 6.82. The van der Waals surface area contributed by atoms with Crippen LogP contribution in [0.15, 0.2) is 6.58 Å². The first kappa shape index (κ1) is 6.70. The van der Waals surface area contributed by atoms with E-state index in [1.807, 2.05) is 6.92 Å². The minimum atomic E-state index is -2.94. The van der Waals surface area contributed by atoms with Crippen LogP contribution in [0, 0.1) is 5.41 Å². The van der Waals surface area contributed by atoms with Crippen molar-refractivity contribution < 1.29 is 11.3 Å². The number of carbonyl (C=O) groups is 1. The Hall–Kier alpha value is -0.361. The van der Waals surface area contributed by atoms with E-state index in [0.717, 1.165) is 5.78 Å². The van der Waals surface area contributed by atoms with Crippen molar-refractivity contribution in [2.45, 2.75) is 54.6 Å². The molecule has 10 fully saturated rings. The van der Waals surface area contributed by atoms with Crippen LogP contribution in [0.4, 0.5) is 0 Å². The summed E-state index contributed by atoms with van der Waals surface area (Å²) in [6.45, 7) is 1.95. The molecule has 4 unspecified atom stereocenters. The van der Waals surface area contributed by atoms with Crippen molar-refractivity contribution in [2.75, 3.05) is 0 Å². The number of fused-ring (bicyclic) bond motifs is 10. The van der Waals surface area contributed by atoms with Crippen LogP contribution in [0.1, 0.15) is 6.92 Å². The number of hydrogen-bond donors (Lipinski definition) is 1. The van der Waals surface area contributed by atoms with E-state index >= 15 is 0 Å². The van der Waals surface area contributed by atoms with Crippen molar-refractivity contribution in [3.8, 4) is 0 Å². The summed E-state index contributed by atoms with van der Waals surface area (Å²) in [5, 5.41) is 5.85. The fourth-order valence-electron chi connectivity index (χ4n) is 17.2. The summed E-state index contributed by atoms with van der Waals surface area (Å²) in [5.41, 5.74) is 0. The van der Waals surface area contributed by atoms with E-state index in [0.29, 0.717) is 4.31 Å². The molecule has 2 nitrogen and oxygen atoms in total. The third-order valence-corrected chi connectivity index (χ3v) is 57.6.